The van der Waals surface area contributed by atoms with Crippen molar-refractivity contribution in [1.82, 2.24) is 9.55 Å². The Kier molecular flexibility index (Phi) is 4.44. The van der Waals surface area contributed by atoms with Crippen LogP contribution < -0.4 is 5.73 Å². The lowest BCUT2D eigenvalue weighted by Crippen LogP contribution is -2.14. The molecule has 0 fully saturated rings. The fourth-order valence-corrected chi connectivity index (χ4v) is 3.32. The SMILES string of the molecule is NC(=O)CCn1c(SCc2ccccc2)nc2ccccc21. The number of aromatic nitrogens is 2. The largest absolute Gasteiger partial charge is 0.370 e. The molecule has 2 aromatic carbocycles. The summed E-state index contributed by atoms with van der Waals surface area (Å²) in [6.45, 7) is 0.562. The summed E-state index contributed by atoms with van der Waals surface area (Å²) >= 11 is 1.68. The molecule has 0 saturated heterocycles. The van der Waals surface area contributed by atoms with Crippen LogP contribution in [0.15, 0.2) is 59.8 Å². The number of carbonyl (C=O) groups is 1. The third-order valence-electron chi connectivity index (χ3n) is 3.41. The highest BCUT2D eigenvalue weighted by molar-refractivity contribution is 7.98. The van der Waals surface area contributed by atoms with Gasteiger partial charge in [-0.05, 0) is 17.7 Å². The Labute approximate surface area is 133 Å². The van der Waals surface area contributed by atoms with Crippen LogP contribution in [-0.4, -0.2) is 15.5 Å². The van der Waals surface area contributed by atoms with E-state index in [0.717, 1.165) is 21.9 Å². The van der Waals surface area contributed by atoms with Crippen molar-refractivity contribution >= 4 is 28.7 Å². The molecular weight excluding hydrogens is 294 g/mol. The number of fused-ring (bicyclic) bond motifs is 1. The zero-order chi connectivity index (χ0) is 15.4. The van der Waals surface area contributed by atoms with E-state index in [1.165, 1.54) is 5.56 Å². The number of nitrogens with zero attached hydrogens (tertiary/aromatic N) is 2. The second kappa shape index (κ2) is 6.66. The van der Waals surface area contributed by atoms with E-state index in [9.17, 15) is 4.79 Å². The summed E-state index contributed by atoms with van der Waals surface area (Å²) in [4.78, 5) is 15.8. The van der Waals surface area contributed by atoms with Crippen molar-refractivity contribution in [1.29, 1.82) is 0 Å². The van der Waals surface area contributed by atoms with Gasteiger partial charge in [0, 0.05) is 18.7 Å². The number of imidazole rings is 1. The van der Waals surface area contributed by atoms with Gasteiger partial charge >= 0.3 is 0 Å². The first kappa shape index (κ1) is 14.7. The Balaban J connectivity index is 1.86. The number of primary amides is 1. The highest BCUT2D eigenvalue weighted by atomic mass is 32.2. The van der Waals surface area contributed by atoms with Gasteiger partial charge in [-0.3, -0.25) is 4.79 Å². The minimum absolute atomic E-state index is 0.295. The minimum atomic E-state index is -0.295. The first-order valence-electron chi connectivity index (χ1n) is 7.14. The van der Waals surface area contributed by atoms with E-state index in [2.05, 4.69) is 21.7 Å². The highest BCUT2D eigenvalue weighted by Crippen LogP contribution is 2.27. The van der Waals surface area contributed by atoms with E-state index in [1.807, 2.05) is 42.5 Å². The normalized spacial score (nSPS) is 10.9. The van der Waals surface area contributed by atoms with E-state index >= 15 is 0 Å². The standard InChI is InChI=1S/C17H17N3OS/c18-16(21)10-11-20-15-9-5-4-8-14(15)19-17(20)22-12-13-6-2-1-3-7-13/h1-9H,10-12H2,(H2,18,21). The topological polar surface area (TPSA) is 60.9 Å². The minimum Gasteiger partial charge on any atom is -0.370 e. The van der Waals surface area contributed by atoms with E-state index in [0.29, 0.717) is 13.0 Å². The van der Waals surface area contributed by atoms with Gasteiger partial charge in [0.05, 0.1) is 11.0 Å². The van der Waals surface area contributed by atoms with E-state index in [-0.39, 0.29) is 5.91 Å². The molecule has 0 aliphatic carbocycles. The van der Waals surface area contributed by atoms with E-state index < -0.39 is 0 Å². The van der Waals surface area contributed by atoms with Crippen molar-refractivity contribution in [3.05, 3.63) is 60.2 Å². The van der Waals surface area contributed by atoms with Gasteiger partial charge in [-0.1, -0.05) is 54.2 Å². The lowest BCUT2D eigenvalue weighted by Gasteiger charge is -2.07. The zero-order valence-electron chi connectivity index (χ0n) is 12.1. The molecule has 1 amide bonds. The molecule has 0 unspecified atom stereocenters. The lowest BCUT2D eigenvalue weighted by molar-refractivity contribution is -0.118. The summed E-state index contributed by atoms with van der Waals surface area (Å²) < 4.78 is 2.08. The van der Waals surface area contributed by atoms with E-state index in [1.54, 1.807) is 11.8 Å². The average Bonchev–Trinajstić information content (AvgIpc) is 2.89. The third kappa shape index (κ3) is 3.31. The Morgan fingerprint density at radius 1 is 1.09 bits per heavy atom. The molecule has 3 aromatic rings. The first-order valence-corrected chi connectivity index (χ1v) is 8.13. The molecule has 22 heavy (non-hydrogen) atoms. The summed E-state index contributed by atoms with van der Waals surface area (Å²) in [6.07, 6.45) is 0.319. The Morgan fingerprint density at radius 3 is 2.59 bits per heavy atom. The van der Waals surface area contributed by atoms with Gasteiger partial charge in [-0.25, -0.2) is 4.98 Å². The fraction of sp³-hybridized carbons (Fsp3) is 0.176. The van der Waals surface area contributed by atoms with Crippen LogP contribution in [0.2, 0.25) is 0 Å². The van der Waals surface area contributed by atoms with Crippen LogP contribution in [0.5, 0.6) is 0 Å². The number of para-hydroxylation sites is 2. The molecule has 0 spiro atoms. The molecule has 0 radical (unpaired) electrons. The number of carbonyl (C=O) groups excluding carboxylic acids is 1. The Bertz CT molecular complexity index is 783. The summed E-state index contributed by atoms with van der Waals surface area (Å²) in [6, 6.07) is 18.2. The average molecular weight is 311 g/mol. The molecule has 2 N–H and O–H groups in total. The molecule has 0 atom stereocenters. The molecule has 1 heterocycles. The highest BCUT2D eigenvalue weighted by Gasteiger charge is 2.11. The van der Waals surface area contributed by atoms with Crippen molar-refractivity contribution in [2.75, 3.05) is 0 Å². The van der Waals surface area contributed by atoms with Crippen molar-refractivity contribution in [2.24, 2.45) is 5.73 Å². The van der Waals surface area contributed by atoms with Gasteiger partial charge in [-0.15, -0.1) is 0 Å². The van der Waals surface area contributed by atoms with Crippen LogP contribution in [0, 0.1) is 0 Å². The monoisotopic (exact) mass is 311 g/mol. The van der Waals surface area contributed by atoms with Gasteiger partial charge in [0.2, 0.25) is 5.91 Å². The maximum atomic E-state index is 11.1. The first-order chi connectivity index (χ1) is 10.7. The number of aryl methyl sites for hydroxylation is 1. The maximum Gasteiger partial charge on any atom is 0.219 e. The number of benzene rings is 2. The fourth-order valence-electron chi connectivity index (χ4n) is 2.32. The summed E-state index contributed by atoms with van der Waals surface area (Å²) in [5.41, 5.74) is 8.53. The number of rotatable bonds is 6. The summed E-state index contributed by atoms with van der Waals surface area (Å²) in [5, 5.41) is 0.923. The number of nitrogens with two attached hydrogens (primary N) is 1. The summed E-state index contributed by atoms with van der Waals surface area (Å²) in [5.74, 6) is 0.553. The van der Waals surface area contributed by atoms with Crippen LogP contribution in [0.1, 0.15) is 12.0 Å². The smallest absolute Gasteiger partial charge is 0.219 e. The van der Waals surface area contributed by atoms with Gasteiger partial charge in [0.15, 0.2) is 5.16 Å². The molecule has 112 valence electrons. The van der Waals surface area contributed by atoms with Gasteiger partial charge < -0.3 is 10.3 Å². The van der Waals surface area contributed by atoms with Crippen LogP contribution in [0.3, 0.4) is 0 Å². The van der Waals surface area contributed by atoms with Crippen LogP contribution in [0.4, 0.5) is 0 Å². The number of hydrogen-bond donors (Lipinski definition) is 1. The van der Waals surface area contributed by atoms with Crippen molar-refractivity contribution < 1.29 is 4.79 Å². The molecule has 0 aliphatic heterocycles. The molecule has 5 heteroatoms. The third-order valence-corrected chi connectivity index (χ3v) is 4.46. The Hall–Kier alpha value is -2.27. The second-order valence-corrected chi connectivity index (χ2v) is 5.97. The maximum absolute atomic E-state index is 11.1. The van der Waals surface area contributed by atoms with Gasteiger partial charge in [-0.2, -0.15) is 0 Å². The van der Waals surface area contributed by atoms with Crippen LogP contribution in [-0.2, 0) is 17.1 Å². The molecule has 0 bridgehead atoms. The van der Waals surface area contributed by atoms with Gasteiger partial charge in [0.1, 0.15) is 0 Å². The molecule has 1 aromatic heterocycles. The molecule has 0 aliphatic rings. The van der Waals surface area contributed by atoms with Crippen molar-refractivity contribution in [2.45, 2.75) is 23.9 Å². The van der Waals surface area contributed by atoms with Gasteiger partial charge in [0.25, 0.3) is 0 Å². The van der Waals surface area contributed by atoms with E-state index in [4.69, 9.17) is 5.73 Å². The van der Waals surface area contributed by atoms with Crippen molar-refractivity contribution in [3.8, 4) is 0 Å². The number of thioether (sulfide) groups is 1. The molecular formula is C17H17N3OS. The predicted molar refractivity (Wildman–Crippen MR) is 89.5 cm³/mol. The molecule has 3 rings (SSSR count). The van der Waals surface area contributed by atoms with Crippen LogP contribution >= 0.6 is 11.8 Å². The molecule has 0 saturated carbocycles. The molecule has 4 nitrogen and oxygen atoms in total. The lowest BCUT2D eigenvalue weighted by atomic mass is 10.2. The number of hydrogen-bond acceptors (Lipinski definition) is 3. The Morgan fingerprint density at radius 2 is 1.82 bits per heavy atom. The summed E-state index contributed by atoms with van der Waals surface area (Å²) in [7, 11) is 0. The number of amides is 1. The quantitative estimate of drug-likeness (QED) is 0.711. The predicted octanol–water partition coefficient (Wildman–Crippen LogP) is 3.20. The van der Waals surface area contributed by atoms with Crippen LogP contribution in [0.25, 0.3) is 11.0 Å². The second-order valence-electron chi connectivity index (χ2n) is 5.03. The van der Waals surface area contributed by atoms with Crippen molar-refractivity contribution in [3.63, 3.8) is 0 Å². The zero-order valence-corrected chi connectivity index (χ0v) is 12.9.